The zero-order valence-electron chi connectivity index (χ0n) is 11.1. The maximum atomic E-state index is 11.6. The van der Waals surface area contributed by atoms with Gasteiger partial charge in [0, 0.05) is 23.9 Å². The van der Waals surface area contributed by atoms with E-state index < -0.39 is 0 Å². The smallest absolute Gasteiger partial charge is 0.224 e. The molecule has 0 saturated heterocycles. The molecule has 1 N–H and O–H groups in total. The van der Waals surface area contributed by atoms with Crippen molar-refractivity contribution >= 4 is 11.6 Å². The number of amides is 1. The maximum absolute atomic E-state index is 11.6. The van der Waals surface area contributed by atoms with Crippen molar-refractivity contribution in [1.29, 1.82) is 0 Å². The molecule has 3 nitrogen and oxygen atoms in total. The van der Waals surface area contributed by atoms with Gasteiger partial charge >= 0.3 is 0 Å². The molecule has 0 spiro atoms. The van der Waals surface area contributed by atoms with Crippen LogP contribution in [0.5, 0.6) is 0 Å². The number of nitrogens with one attached hydrogen (secondary N) is 1. The first kappa shape index (κ1) is 13.3. The highest BCUT2D eigenvalue weighted by molar-refractivity contribution is 5.90. The Labute approximate surface area is 113 Å². The number of anilines is 1. The van der Waals surface area contributed by atoms with Crippen molar-refractivity contribution in [1.82, 2.24) is 4.98 Å². The van der Waals surface area contributed by atoms with Gasteiger partial charge in [-0.1, -0.05) is 31.5 Å². The van der Waals surface area contributed by atoms with Gasteiger partial charge in [-0.3, -0.25) is 9.78 Å². The topological polar surface area (TPSA) is 42.0 Å². The number of carbonyl (C=O) groups excluding carboxylic acids is 1. The lowest BCUT2D eigenvalue weighted by molar-refractivity contribution is -0.116. The van der Waals surface area contributed by atoms with Crippen LogP contribution in [0, 0.1) is 0 Å². The fourth-order valence-corrected chi connectivity index (χ4v) is 1.82. The Balaban J connectivity index is 2.01. The summed E-state index contributed by atoms with van der Waals surface area (Å²) in [5.41, 5.74) is 2.82. The summed E-state index contributed by atoms with van der Waals surface area (Å²) >= 11 is 0. The van der Waals surface area contributed by atoms with E-state index in [2.05, 4.69) is 17.2 Å². The third-order valence-corrected chi connectivity index (χ3v) is 2.89. The standard InChI is InChI=1S/C16H18N2O/c1-2-3-7-16(19)18-14-10-8-13(9-11-14)15-6-4-5-12-17-15/h4-6,8-12H,2-3,7H2,1H3,(H,18,19). The molecule has 0 aliphatic carbocycles. The monoisotopic (exact) mass is 254 g/mol. The summed E-state index contributed by atoms with van der Waals surface area (Å²) in [6.07, 6.45) is 4.32. The zero-order valence-corrected chi connectivity index (χ0v) is 11.1. The van der Waals surface area contributed by atoms with Gasteiger partial charge in [0.25, 0.3) is 0 Å². The van der Waals surface area contributed by atoms with Gasteiger partial charge in [-0.25, -0.2) is 0 Å². The number of carbonyl (C=O) groups is 1. The van der Waals surface area contributed by atoms with Crippen LogP contribution in [-0.2, 0) is 4.79 Å². The van der Waals surface area contributed by atoms with E-state index in [9.17, 15) is 4.79 Å². The summed E-state index contributed by atoms with van der Waals surface area (Å²) in [5, 5.41) is 2.90. The lowest BCUT2D eigenvalue weighted by Gasteiger charge is -2.06. The number of aromatic nitrogens is 1. The highest BCUT2D eigenvalue weighted by Crippen LogP contribution is 2.19. The lowest BCUT2D eigenvalue weighted by Crippen LogP contribution is -2.10. The second-order valence-electron chi connectivity index (χ2n) is 4.44. The fraction of sp³-hybridized carbons (Fsp3) is 0.250. The predicted octanol–water partition coefficient (Wildman–Crippen LogP) is 3.88. The van der Waals surface area contributed by atoms with Crippen molar-refractivity contribution in [3.63, 3.8) is 0 Å². The summed E-state index contributed by atoms with van der Waals surface area (Å²) in [7, 11) is 0. The second-order valence-corrected chi connectivity index (χ2v) is 4.44. The van der Waals surface area contributed by atoms with Crippen LogP contribution in [0.4, 0.5) is 5.69 Å². The summed E-state index contributed by atoms with van der Waals surface area (Å²) in [5.74, 6) is 0.0763. The largest absolute Gasteiger partial charge is 0.326 e. The molecule has 19 heavy (non-hydrogen) atoms. The number of hydrogen-bond acceptors (Lipinski definition) is 2. The van der Waals surface area contributed by atoms with Gasteiger partial charge in [0.15, 0.2) is 0 Å². The van der Waals surface area contributed by atoms with Crippen LogP contribution < -0.4 is 5.32 Å². The molecule has 0 saturated carbocycles. The third kappa shape index (κ3) is 3.91. The molecule has 1 heterocycles. The zero-order chi connectivity index (χ0) is 13.5. The molecule has 0 radical (unpaired) electrons. The van der Waals surface area contributed by atoms with Crippen LogP contribution in [0.1, 0.15) is 26.2 Å². The van der Waals surface area contributed by atoms with E-state index in [1.165, 1.54) is 0 Å². The molecule has 0 bridgehead atoms. The highest BCUT2D eigenvalue weighted by atomic mass is 16.1. The minimum absolute atomic E-state index is 0.0763. The van der Waals surface area contributed by atoms with Gasteiger partial charge in [0.2, 0.25) is 5.91 Å². The van der Waals surface area contributed by atoms with Gasteiger partial charge in [-0.05, 0) is 30.7 Å². The minimum atomic E-state index is 0.0763. The van der Waals surface area contributed by atoms with E-state index in [0.717, 1.165) is 29.8 Å². The van der Waals surface area contributed by atoms with E-state index >= 15 is 0 Å². The minimum Gasteiger partial charge on any atom is -0.326 e. The number of unbranched alkanes of at least 4 members (excludes halogenated alkanes) is 1. The number of pyridine rings is 1. The second kappa shape index (κ2) is 6.69. The Bertz CT molecular complexity index is 520. The first-order valence-electron chi connectivity index (χ1n) is 6.61. The molecule has 0 fully saturated rings. The first-order valence-corrected chi connectivity index (χ1v) is 6.61. The molecular formula is C16H18N2O. The SMILES string of the molecule is CCCCC(=O)Nc1ccc(-c2ccccn2)cc1. The van der Waals surface area contributed by atoms with E-state index in [1.807, 2.05) is 42.5 Å². The fourth-order valence-electron chi connectivity index (χ4n) is 1.82. The third-order valence-electron chi connectivity index (χ3n) is 2.89. The molecule has 1 aromatic heterocycles. The quantitative estimate of drug-likeness (QED) is 0.879. The number of hydrogen-bond donors (Lipinski definition) is 1. The van der Waals surface area contributed by atoms with Crippen LogP contribution in [-0.4, -0.2) is 10.9 Å². The van der Waals surface area contributed by atoms with Crippen LogP contribution in [0.15, 0.2) is 48.7 Å². The summed E-state index contributed by atoms with van der Waals surface area (Å²) in [4.78, 5) is 15.9. The Morgan fingerprint density at radius 1 is 1.16 bits per heavy atom. The van der Waals surface area contributed by atoms with Crippen molar-refractivity contribution in [3.05, 3.63) is 48.7 Å². The van der Waals surface area contributed by atoms with Crippen molar-refractivity contribution < 1.29 is 4.79 Å². The molecule has 3 heteroatoms. The van der Waals surface area contributed by atoms with Gasteiger partial charge in [-0.2, -0.15) is 0 Å². The van der Waals surface area contributed by atoms with Crippen LogP contribution in [0.3, 0.4) is 0 Å². The molecule has 0 atom stereocenters. The molecule has 1 aromatic carbocycles. The Morgan fingerprint density at radius 3 is 2.58 bits per heavy atom. The normalized spacial score (nSPS) is 10.2. The van der Waals surface area contributed by atoms with Gasteiger partial charge in [0.05, 0.1) is 5.69 Å². The van der Waals surface area contributed by atoms with Gasteiger partial charge in [-0.15, -0.1) is 0 Å². The summed E-state index contributed by atoms with van der Waals surface area (Å²) in [6.45, 7) is 2.08. The van der Waals surface area contributed by atoms with Crippen LogP contribution in [0.25, 0.3) is 11.3 Å². The van der Waals surface area contributed by atoms with Crippen molar-refractivity contribution in [3.8, 4) is 11.3 Å². The molecule has 2 rings (SSSR count). The number of benzene rings is 1. The number of rotatable bonds is 5. The molecule has 98 valence electrons. The van der Waals surface area contributed by atoms with Gasteiger partial charge in [0.1, 0.15) is 0 Å². The Morgan fingerprint density at radius 2 is 1.95 bits per heavy atom. The molecule has 2 aromatic rings. The van der Waals surface area contributed by atoms with E-state index in [-0.39, 0.29) is 5.91 Å². The van der Waals surface area contributed by atoms with E-state index in [4.69, 9.17) is 0 Å². The Kier molecular flexibility index (Phi) is 4.67. The van der Waals surface area contributed by atoms with Crippen molar-refractivity contribution in [2.45, 2.75) is 26.2 Å². The number of nitrogens with zero attached hydrogens (tertiary/aromatic N) is 1. The van der Waals surface area contributed by atoms with Crippen LogP contribution in [0.2, 0.25) is 0 Å². The van der Waals surface area contributed by atoms with Crippen LogP contribution >= 0.6 is 0 Å². The maximum Gasteiger partial charge on any atom is 0.224 e. The molecular weight excluding hydrogens is 236 g/mol. The van der Waals surface area contributed by atoms with Crippen molar-refractivity contribution in [2.24, 2.45) is 0 Å². The predicted molar refractivity (Wildman–Crippen MR) is 77.8 cm³/mol. The highest BCUT2D eigenvalue weighted by Gasteiger charge is 2.02. The Hall–Kier alpha value is -2.16. The summed E-state index contributed by atoms with van der Waals surface area (Å²) < 4.78 is 0. The average Bonchev–Trinajstić information content (AvgIpc) is 2.47. The lowest BCUT2D eigenvalue weighted by atomic mass is 10.1. The average molecular weight is 254 g/mol. The molecule has 0 aliphatic heterocycles. The van der Waals surface area contributed by atoms with E-state index in [1.54, 1.807) is 6.20 Å². The first-order chi connectivity index (χ1) is 9.29. The molecule has 0 unspecified atom stereocenters. The van der Waals surface area contributed by atoms with Gasteiger partial charge < -0.3 is 5.32 Å². The summed E-state index contributed by atoms with van der Waals surface area (Å²) in [6, 6.07) is 13.6. The molecule has 0 aliphatic rings. The molecule has 1 amide bonds. The van der Waals surface area contributed by atoms with E-state index in [0.29, 0.717) is 6.42 Å². The van der Waals surface area contributed by atoms with Crippen molar-refractivity contribution in [2.75, 3.05) is 5.32 Å².